The van der Waals surface area contributed by atoms with E-state index in [1.54, 1.807) is 0 Å². The molecule has 2 fully saturated rings. The first-order valence-electron chi connectivity index (χ1n) is 9.21. The molecule has 0 aromatic rings. The van der Waals surface area contributed by atoms with Crippen LogP contribution in [0.3, 0.4) is 0 Å². The number of nitrogens with zero attached hydrogens (tertiary/aromatic N) is 2. The first-order chi connectivity index (χ1) is 10.1. The van der Waals surface area contributed by atoms with Crippen LogP contribution < -0.4 is 5.32 Å². The summed E-state index contributed by atoms with van der Waals surface area (Å²) in [5, 5.41) is 3.59. The van der Waals surface area contributed by atoms with Crippen LogP contribution in [0, 0.1) is 11.3 Å². The Balaban J connectivity index is 1.89. The van der Waals surface area contributed by atoms with Gasteiger partial charge in [-0.2, -0.15) is 0 Å². The standard InChI is InChI=1S/C18H37N3/c1-5-10-18(3,14-19-6-2)15-21-12-9-17-16(13-21)8-7-11-20(17)4/h16-17,19H,5-15H2,1-4H3. The summed E-state index contributed by atoms with van der Waals surface area (Å²) in [6.07, 6.45) is 6.86. The average molecular weight is 296 g/mol. The Kier molecular flexibility index (Phi) is 6.51. The minimum absolute atomic E-state index is 0.443. The van der Waals surface area contributed by atoms with E-state index in [9.17, 15) is 0 Å². The van der Waals surface area contributed by atoms with E-state index in [-0.39, 0.29) is 0 Å². The Labute approximate surface area is 132 Å². The van der Waals surface area contributed by atoms with Crippen LogP contribution in [0.15, 0.2) is 0 Å². The lowest BCUT2D eigenvalue weighted by atomic mass is 9.81. The van der Waals surface area contributed by atoms with Gasteiger partial charge in [0.1, 0.15) is 0 Å². The van der Waals surface area contributed by atoms with Crippen LogP contribution in [0.2, 0.25) is 0 Å². The van der Waals surface area contributed by atoms with Gasteiger partial charge in [0.2, 0.25) is 0 Å². The fourth-order valence-electron chi connectivity index (χ4n) is 4.66. The zero-order valence-electron chi connectivity index (χ0n) is 14.8. The maximum atomic E-state index is 3.59. The molecular weight excluding hydrogens is 258 g/mol. The summed E-state index contributed by atoms with van der Waals surface area (Å²) in [6.45, 7) is 14.5. The molecule has 1 N–H and O–H groups in total. The van der Waals surface area contributed by atoms with E-state index < -0.39 is 0 Å². The van der Waals surface area contributed by atoms with Gasteiger partial charge in [-0.25, -0.2) is 0 Å². The van der Waals surface area contributed by atoms with Crippen LogP contribution >= 0.6 is 0 Å². The quantitative estimate of drug-likeness (QED) is 0.779. The molecule has 0 bridgehead atoms. The Morgan fingerprint density at radius 3 is 2.71 bits per heavy atom. The van der Waals surface area contributed by atoms with Gasteiger partial charge in [-0.1, -0.05) is 27.2 Å². The molecule has 0 aliphatic carbocycles. The van der Waals surface area contributed by atoms with Crippen LogP contribution in [-0.2, 0) is 0 Å². The molecule has 0 radical (unpaired) electrons. The lowest BCUT2D eigenvalue weighted by Crippen LogP contribution is -2.54. The number of fused-ring (bicyclic) bond motifs is 1. The summed E-state index contributed by atoms with van der Waals surface area (Å²) < 4.78 is 0. The summed E-state index contributed by atoms with van der Waals surface area (Å²) >= 11 is 0. The van der Waals surface area contributed by atoms with Crippen LogP contribution in [0.4, 0.5) is 0 Å². The highest BCUT2D eigenvalue weighted by Crippen LogP contribution is 2.32. The molecule has 0 saturated carbocycles. The highest BCUT2D eigenvalue weighted by atomic mass is 15.2. The van der Waals surface area contributed by atoms with Crippen molar-refractivity contribution in [3.05, 3.63) is 0 Å². The van der Waals surface area contributed by atoms with E-state index in [0.717, 1.165) is 18.5 Å². The van der Waals surface area contributed by atoms with E-state index >= 15 is 0 Å². The first-order valence-corrected chi connectivity index (χ1v) is 9.21. The Bertz CT molecular complexity index is 307. The molecule has 0 spiro atoms. The Hall–Kier alpha value is -0.120. The SMILES string of the molecule is CCCC(C)(CNCC)CN1CCC2C(CCCN2C)C1. The highest BCUT2D eigenvalue weighted by Gasteiger charge is 2.36. The molecule has 0 aromatic carbocycles. The molecule has 0 amide bonds. The van der Waals surface area contributed by atoms with E-state index in [1.165, 1.54) is 64.8 Å². The van der Waals surface area contributed by atoms with Gasteiger partial charge in [0.15, 0.2) is 0 Å². The smallest absolute Gasteiger partial charge is 0.0145 e. The van der Waals surface area contributed by atoms with Gasteiger partial charge in [-0.15, -0.1) is 0 Å². The van der Waals surface area contributed by atoms with Gasteiger partial charge in [-0.3, -0.25) is 0 Å². The van der Waals surface area contributed by atoms with Crippen molar-refractivity contribution in [1.29, 1.82) is 0 Å². The molecule has 3 nitrogen and oxygen atoms in total. The minimum atomic E-state index is 0.443. The Morgan fingerprint density at radius 1 is 1.19 bits per heavy atom. The van der Waals surface area contributed by atoms with Gasteiger partial charge in [0.25, 0.3) is 0 Å². The molecule has 124 valence electrons. The summed E-state index contributed by atoms with van der Waals surface area (Å²) in [4.78, 5) is 5.39. The van der Waals surface area contributed by atoms with Crippen molar-refractivity contribution < 1.29 is 0 Å². The summed E-state index contributed by atoms with van der Waals surface area (Å²) in [7, 11) is 2.33. The van der Waals surface area contributed by atoms with Crippen molar-refractivity contribution in [2.45, 2.75) is 58.9 Å². The lowest BCUT2D eigenvalue weighted by Gasteiger charge is -2.48. The minimum Gasteiger partial charge on any atom is -0.316 e. The second-order valence-corrected chi connectivity index (χ2v) is 7.82. The number of hydrogen-bond acceptors (Lipinski definition) is 3. The van der Waals surface area contributed by atoms with Crippen LogP contribution in [0.5, 0.6) is 0 Å². The lowest BCUT2D eigenvalue weighted by molar-refractivity contribution is 0.0201. The number of nitrogens with one attached hydrogen (secondary N) is 1. The van der Waals surface area contributed by atoms with Crippen molar-refractivity contribution in [2.75, 3.05) is 46.3 Å². The third-order valence-electron chi connectivity index (χ3n) is 5.69. The molecule has 3 unspecified atom stereocenters. The molecule has 21 heavy (non-hydrogen) atoms. The average Bonchev–Trinajstić information content (AvgIpc) is 2.45. The van der Waals surface area contributed by atoms with Crippen molar-refractivity contribution in [3.63, 3.8) is 0 Å². The van der Waals surface area contributed by atoms with Crippen molar-refractivity contribution in [1.82, 2.24) is 15.1 Å². The predicted molar refractivity (Wildman–Crippen MR) is 91.8 cm³/mol. The zero-order valence-corrected chi connectivity index (χ0v) is 14.8. The van der Waals surface area contributed by atoms with Gasteiger partial charge >= 0.3 is 0 Å². The molecule has 0 aromatic heterocycles. The van der Waals surface area contributed by atoms with E-state index in [4.69, 9.17) is 0 Å². The van der Waals surface area contributed by atoms with Crippen LogP contribution in [0.1, 0.15) is 52.9 Å². The Morgan fingerprint density at radius 2 is 2.00 bits per heavy atom. The van der Waals surface area contributed by atoms with Gasteiger partial charge < -0.3 is 15.1 Å². The second kappa shape index (κ2) is 7.94. The maximum absolute atomic E-state index is 3.59. The highest BCUT2D eigenvalue weighted by molar-refractivity contribution is 4.91. The molecular formula is C18H37N3. The fourth-order valence-corrected chi connectivity index (χ4v) is 4.66. The van der Waals surface area contributed by atoms with E-state index in [0.29, 0.717) is 5.41 Å². The molecule has 2 aliphatic rings. The second-order valence-electron chi connectivity index (χ2n) is 7.82. The first kappa shape index (κ1) is 17.2. The molecule has 2 aliphatic heterocycles. The van der Waals surface area contributed by atoms with Crippen molar-refractivity contribution in [2.24, 2.45) is 11.3 Å². The topological polar surface area (TPSA) is 18.5 Å². The van der Waals surface area contributed by atoms with Gasteiger partial charge in [0, 0.05) is 25.7 Å². The number of rotatable bonds is 7. The molecule has 3 atom stereocenters. The largest absolute Gasteiger partial charge is 0.316 e. The molecule has 2 saturated heterocycles. The molecule has 3 heteroatoms. The molecule has 2 heterocycles. The van der Waals surface area contributed by atoms with Gasteiger partial charge in [-0.05, 0) is 63.7 Å². The zero-order chi connectivity index (χ0) is 15.3. The number of piperidine rings is 2. The van der Waals surface area contributed by atoms with Gasteiger partial charge in [0.05, 0.1) is 0 Å². The third-order valence-corrected chi connectivity index (χ3v) is 5.69. The van der Waals surface area contributed by atoms with E-state index in [2.05, 4.69) is 42.9 Å². The van der Waals surface area contributed by atoms with Crippen molar-refractivity contribution >= 4 is 0 Å². The predicted octanol–water partition coefficient (Wildman–Crippen LogP) is 2.82. The molecule has 2 rings (SSSR count). The van der Waals surface area contributed by atoms with Crippen LogP contribution in [0.25, 0.3) is 0 Å². The summed E-state index contributed by atoms with van der Waals surface area (Å²) in [6, 6.07) is 0.862. The number of hydrogen-bond donors (Lipinski definition) is 1. The summed E-state index contributed by atoms with van der Waals surface area (Å²) in [5.41, 5.74) is 0.443. The van der Waals surface area contributed by atoms with Crippen LogP contribution in [-0.4, -0.2) is 62.2 Å². The summed E-state index contributed by atoms with van der Waals surface area (Å²) in [5.74, 6) is 0.919. The fraction of sp³-hybridized carbons (Fsp3) is 1.00. The maximum Gasteiger partial charge on any atom is 0.0145 e. The van der Waals surface area contributed by atoms with E-state index in [1.807, 2.05) is 0 Å². The normalized spacial score (nSPS) is 30.9. The number of likely N-dealkylation sites (tertiary alicyclic amines) is 2. The van der Waals surface area contributed by atoms with Crippen molar-refractivity contribution in [3.8, 4) is 0 Å². The third kappa shape index (κ3) is 4.67. The monoisotopic (exact) mass is 295 g/mol.